The number of aryl methyl sites for hydroxylation is 2. The summed E-state index contributed by atoms with van der Waals surface area (Å²) in [5.41, 5.74) is 8.92. The molecule has 2 rings (SSSR count). The number of rotatable bonds is 3. The monoisotopic (exact) mass is 274 g/mol. The molecule has 1 fully saturated rings. The molecule has 1 amide bonds. The highest BCUT2D eigenvalue weighted by Gasteiger charge is 2.37. The van der Waals surface area contributed by atoms with Gasteiger partial charge in [0.1, 0.15) is 0 Å². The Hall–Kier alpha value is -1.35. The maximum Gasteiger partial charge on any atom is 0.231 e. The molecule has 3 N–H and O–H groups in total. The average molecular weight is 274 g/mol. The van der Waals surface area contributed by atoms with Gasteiger partial charge >= 0.3 is 0 Å². The van der Waals surface area contributed by atoms with Crippen LogP contribution in [0.1, 0.15) is 49.7 Å². The highest BCUT2D eigenvalue weighted by Crippen LogP contribution is 2.35. The van der Waals surface area contributed by atoms with Crippen LogP contribution in [0.5, 0.6) is 0 Å². The van der Waals surface area contributed by atoms with E-state index in [1.165, 1.54) is 24.0 Å². The molecule has 1 aliphatic rings. The van der Waals surface area contributed by atoms with E-state index in [2.05, 4.69) is 19.2 Å². The first-order valence-corrected chi connectivity index (χ1v) is 7.66. The zero-order valence-corrected chi connectivity index (χ0v) is 12.7. The Labute approximate surface area is 121 Å². The minimum absolute atomic E-state index is 0.102. The minimum atomic E-state index is -0.366. The van der Waals surface area contributed by atoms with Crippen LogP contribution in [0.25, 0.3) is 0 Å². The van der Waals surface area contributed by atoms with E-state index >= 15 is 0 Å². The van der Waals surface area contributed by atoms with Gasteiger partial charge < -0.3 is 11.1 Å². The number of hydrogen-bond acceptors (Lipinski definition) is 2. The number of nitrogens with one attached hydrogen (secondary N) is 1. The lowest BCUT2D eigenvalue weighted by Crippen LogP contribution is -2.42. The maximum absolute atomic E-state index is 12.7. The Morgan fingerprint density at radius 3 is 2.35 bits per heavy atom. The van der Waals surface area contributed by atoms with E-state index in [9.17, 15) is 4.79 Å². The molecule has 0 bridgehead atoms. The van der Waals surface area contributed by atoms with Gasteiger partial charge in [0.05, 0.1) is 5.41 Å². The highest BCUT2D eigenvalue weighted by molar-refractivity contribution is 5.95. The highest BCUT2D eigenvalue weighted by atomic mass is 16.2. The van der Waals surface area contributed by atoms with Crippen molar-refractivity contribution in [2.24, 2.45) is 11.1 Å². The Balaban J connectivity index is 2.14. The molecule has 0 aliphatic heterocycles. The molecule has 0 aromatic heterocycles. The smallest absolute Gasteiger partial charge is 0.231 e. The van der Waals surface area contributed by atoms with E-state index in [0.29, 0.717) is 6.54 Å². The van der Waals surface area contributed by atoms with Gasteiger partial charge in [-0.2, -0.15) is 0 Å². The van der Waals surface area contributed by atoms with Gasteiger partial charge in [0, 0.05) is 12.2 Å². The van der Waals surface area contributed by atoms with Crippen LogP contribution < -0.4 is 11.1 Å². The first-order chi connectivity index (χ1) is 9.57. The first kappa shape index (κ1) is 15.0. The number of anilines is 1. The zero-order chi connectivity index (χ0) is 14.6. The summed E-state index contributed by atoms with van der Waals surface area (Å²) in [6, 6.07) is 6.06. The summed E-state index contributed by atoms with van der Waals surface area (Å²) >= 11 is 0. The predicted molar refractivity (Wildman–Crippen MR) is 83.7 cm³/mol. The molecule has 0 heterocycles. The van der Waals surface area contributed by atoms with Gasteiger partial charge in [-0.15, -0.1) is 0 Å². The van der Waals surface area contributed by atoms with Crippen molar-refractivity contribution >= 4 is 11.6 Å². The van der Waals surface area contributed by atoms with Crippen molar-refractivity contribution in [1.82, 2.24) is 0 Å². The molecular formula is C17H26N2O. The molecule has 1 aromatic rings. The van der Waals surface area contributed by atoms with Gasteiger partial charge in [-0.25, -0.2) is 0 Å². The Bertz CT molecular complexity index is 474. The molecule has 0 unspecified atom stereocenters. The predicted octanol–water partition coefficient (Wildman–Crippen LogP) is 3.54. The van der Waals surface area contributed by atoms with E-state index in [0.717, 1.165) is 31.4 Å². The summed E-state index contributed by atoms with van der Waals surface area (Å²) in [7, 11) is 0. The lowest BCUT2D eigenvalue weighted by Gasteiger charge is -2.30. The second-order valence-electron chi connectivity index (χ2n) is 6.15. The van der Waals surface area contributed by atoms with Crippen LogP contribution in [0.4, 0.5) is 5.69 Å². The Morgan fingerprint density at radius 1 is 1.15 bits per heavy atom. The molecule has 0 saturated heterocycles. The number of benzene rings is 1. The number of hydrogen-bond donors (Lipinski definition) is 2. The van der Waals surface area contributed by atoms with Crippen LogP contribution in [0.15, 0.2) is 18.2 Å². The molecule has 0 atom stereocenters. The van der Waals surface area contributed by atoms with Crippen molar-refractivity contribution < 1.29 is 4.79 Å². The van der Waals surface area contributed by atoms with Crippen molar-refractivity contribution in [2.45, 2.75) is 52.4 Å². The van der Waals surface area contributed by atoms with Crippen molar-refractivity contribution in [3.8, 4) is 0 Å². The van der Waals surface area contributed by atoms with Gasteiger partial charge in [0.15, 0.2) is 0 Å². The molecular weight excluding hydrogens is 248 g/mol. The lowest BCUT2D eigenvalue weighted by molar-refractivity contribution is -0.125. The maximum atomic E-state index is 12.7. The summed E-state index contributed by atoms with van der Waals surface area (Å²) in [6.07, 6.45) is 6.49. The van der Waals surface area contributed by atoms with Crippen LogP contribution in [0, 0.1) is 19.3 Å². The van der Waals surface area contributed by atoms with Crippen molar-refractivity contribution in [3.05, 3.63) is 29.3 Å². The third kappa shape index (κ3) is 3.21. The van der Waals surface area contributed by atoms with Gasteiger partial charge in [-0.1, -0.05) is 31.7 Å². The average Bonchev–Trinajstić information content (AvgIpc) is 2.69. The molecule has 1 saturated carbocycles. The second kappa shape index (κ2) is 6.40. The normalized spacial score (nSPS) is 18.4. The largest absolute Gasteiger partial charge is 0.329 e. The third-order valence-corrected chi connectivity index (χ3v) is 4.70. The zero-order valence-electron chi connectivity index (χ0n) is 12.7. The lowest BCUT2D eigenvalue weighted by atomic mass is 9.79. The van der Waals surface area contributed by atoms with E-state index in [1.807, 2.05) is 18.2 Å². The molecule has 0 radical (unpaired) electrons. The van der Waals surface area contributed by atoms with Gasteiger partial charge in [0.2, 0.25) is 5.91 Å². The van der Waals surface area contributed by atoms with Gasteiger partial charge in [-0.3, -0.25) is 4.79 Å². The topological polar surface area (TPSA) is 55.1 Å². The quantitative estimate of drug-likeness (QED) is 0.828. The van der Waals surface area contributed by atoms with Crippen LogP contribution >= 0.6 is 0 Å². The third-order valence-electron chi connectivity index (χ3n) is 4.70. The summed E-state index contributed by atoms with van der Waals surface area (Å²) in [6.45, 7) is 4.59. The van der Waals surface area contributed by atoms with Crippen LogP contribution in [0.2, 0.25) is 0 Å². The Kier molecular flexibility index (Phi) is 4.81. The first-order valence-electron chi connectivity index (χ1n) is 7.66. The van der Waals surface area contributed by atoms with Crippen molar-refractivity contribution in [2.75, 3.05) is 11.9 Å². The minimum Gasteiger partial charge on any atom is -0.329 e. The summed E-state index contributed by atoms with van der Waals surface area (Å²) < 4.78 is 0. The number of carbonyl (C=O) groups excluding carboxylic acids is 1. The number of nitrogens with two attached hydrogens (primary N) is 1. The van der Waals surface area contributed by atoms with Crippen LogP contribution in [0.3, 0.4) is 0 Å². The molecule has 3 heteroatoms. The fraction of sp³-hybridized carbons (Fsp3) is 0.588. The Morgan fingerprint density at radius 2 is 1.80 bits per heavy atom. The van der Waals surface area contributed by atoms with E-state index in [-0.39, 0.29) is 11.3 Å². The molecule has 1 aliphatic carbocycles. The SMILES string of the molecule is Cc1ccc(NC(=O)C2(CN)CCCCCC2)cc1C. The van der Waals surface area contributed by atoms with Crippen LogP contribution in [-0.4, -0.2) is 12.5 Å². The number of amides is 1. The van der Waals surface area contributed by atoms with Crippen LogP contribution in [-0.2, 0) is 4.79 Å². The second-order valence-corrected chi connectivity index (χ2v) is 6.15. The van der Waals surface area contributed by atoms with Crippen molar-refractivity contribution in [3.63, 3.8) is 0 Å². The van der Waals surface area contributed by atoms with E-state index in [4.69, 9.17) is 5.73 Å². The fourth-order valence-corrected chi connectivity index (χ4v) is 3.01. The summed E-state index contributed by atoms with van der Waals surface area (Å²) in [5, 5.41) is 3.08. The standard InChI is InChI=1S/C17H26N2O/c1-13-7-8-15(11-14(13)2)19-16(20)17(12-18)9-5-3-4-6-10-17/h7-8,11H,3-6,9-10,12,18H2,1-2H3,(H,19,20). The molecule has 20 heavy (non-hydrogen) atoms. The number of carbonyl (C=O) groups is 1. The van der Waals surface area contributed by atoms with E-state index < -0.39 is 0 Å². The fourth-order valence-electron chi connectivity index (χ4n) is 3.01. The molecule has 1 aromatic carbocycles. The van der Waals surface area contributed by atoms with Gasteiger partial charge in [-0.05, 0) is 49.9 Å². The van der Waals surface area contributed by atoms with Crippen molar-refractivity contribution in [1.29, 1.82) is 0 Å². The molecule has 110 valence electrons. The summed E-state index contributed by atoms with van der Waals surface area (Å²) in [4.78, 5) is 12.7. The summed E-state index contributed by atoms with van der Waals surface area (Å²) in [5.74, 6) is 0.102. The van der Waals surface area contributed by atoms with Gasteiger partial charge in [0.25, 0.3) is 0 Å². The molecule has 3 nitrogen and oxygen atoms in total. The molecule has 0 spiro atoms. The van der Waals surface area contributed by atoms with E-state index in [1.54, 1.807) is 0 Å².